The van der Waals surface area contributed by atoms with Crippen molar-refractivity contribution in [3.05, 3.63) is 51.2 Å². The molecule has 7 heteroatoms. The van der Waals surface area contributed by atoms with Crippen molar-refractivity contribution >= 4 is 33.4 Å². The highest BCUT2D eigenvalue weighted by molar-refractivity contribution is 9.10. The number of methoxy groups -OCH3 is 2. The lowest BCUT2D eigenvalue weighted by atomic mass is 10.1. The quantitative estimate of drug-likeness (QED) is 0.801. The molecule has 0 aliphatic heterocycles. The number of halogens is 2. The van der Waals surface area contributed by atoms with Gasteiger partial charge >= 0.3 is 0 Å². The fourth-order valence-corrected chi connectivity index (χ4v) is 2.47. The van der Waals surface area contributed by atoms with Crippen molar-refractivity contribution in [3.63, 3.8) is 0 Å². The molecule has 2 rings (SSSR count). The average molecular weight is 386 g/mol. The van der Waals surface area contributed by atoms with Gasteiger partial charge in [-0.3, -0.25) is 4.79 Å². The lowest BCUT2D eigenvalue weighted by molar-refractivity contribution is 0.0950. The molecule has 2 aromatic rings. The van der Waals surface area contributed by atoms with Gasteiger partial charge in [0.15, 0.2) is 11.5 Å². The Morgan fingerprint density at radius 2 is 2.14 bits per heavy atom. The van der Waals surface area contributed by atoms with E-state index in [1.807, 2.05) is 12.1 Å². The topological polar surface area (TPSA) is 60.5 Å². The van der Waals surface area contributed by atoms with Gasteiger partial charge in [-0.05, 0) is 28.1 Å². The predicted molar refractivity (Wildman–Crippen MR) is 87.7 cm³/mol. The second-order valence-corrected chi connectivity index (χ2v) is 5.60. The van der Waals surface area contributed by atoms with Gasteiger partial charge < -0.3 is 14.8 Å². The second-order valence-electron chi connectivity index (χ2n) is 4.33. The van der Waals surface area contributed by atoms with Crippen molar-refractivity contribution in [2.45, 2.75) is 6.54 Å². The predicted octanol–water partition coefficient (Wildman–Crippen LogP) is 3.44. The van der Waals surface area contributed by atoms with Gasteiger partial charge in [0.2, 0.25) is 0 Å². The maximum Gasteiger partial charge on any atom is 0.254 e. The summed E-state index contributed by atoms with van der Waals surface area (Å²) in [5.74, 6) is 0.879. The van der Waals surface area contributed by atoms with Gasteiger partial charge in [-0.2, -0.15) is 0 Å². The van der Waals surface area contributed by atoms with Gasteiger partial charge in [0.25, 0.3) is 5.91 Å². The van der Waals surface area contributed by atoms with Crippen LogP contribution in [0.1, 0.15) is 15.9 Å². The van der Waals surface area contributed by atoms with E-state index in [2.05, 4.69) is 26.2 Å². The zero-order valence-corrected chi connectivity index (χ0v) is 14.4. The van der Waals surface area contributed by atoms with Crippen LogP contribution in [-0.2, 0) is 6.54 Å². The summed E-state index contributed by atoms with van der Waals surface area (Å²) in [7, 11) is 3.12. The molecular formula is C15H14BrClN2O3. The maximum absolute atomic E-state index is 12.2. The largest absolute Gasteiger partial charge is 0.493 e. The summed E-state index contributed by atoms with van der Waals surface area (Å²) in [5.41, 5.74) is 1.10. The summed E-state index contributed by atoms with van der Waals surface area (Å²) >= 11 is 9.21. The number of hydrogen-bond donors (Lipinski definition) is 1. The Kier molecular flexibility index (Phi) is 5.63. The maximum atomic E-state index is 12.2. The molecule has 1 N–H and O–H groups in total. The molecule has 0 aliphatic rings. The molecule has 0 spiro atoms. The minimum Gasteiger partial charge on any atom is -0.493 e. The fourth-order valence-electron chi connectivity index (χ4n) is 1.95. The van der Waals surface area contributed by atoms with E-state index in [0.717, 1.165) is 5.56 Å². The Morgan fingerprint density at radius 3 is 2.82 bits per heavy atom. The Labute approximate surface area is 141 Å². The van der Waals surface area contributed by atoms with E-state index in [4.69, 9.17) is 21.1 Å². The third-order valence-electron chi connectivity index (χ3n) is 2.97. The molecule has 116 valence electrons. The number of para-hydroxylation sites is 1. The first-order chi connectivity index (χ1) is 10.6. The third-order valence-corrected chi connectivity index (χ3v) is 3.71. The van der Waals surface area contributed by atoms with Gasteiger partial charge in [0.05, 0.1) is 19.8 Å². The first-order valence-electron chi connectivity index (χ1n) is 6.36. The number of benzene rings is 1. The first kappa shape index (κ1) is 16.6. The molecule has 1 amide bonds. The lowest BCUT2D eigenvalue weighted by Crippen LogP contribution is -2.23. The molecular weight excluding hydrogens is 372 g/mol. The van der Waals surface area contributed by atoms with Crippen molar-refractivity contribution in [1.82, 2.24) is 10.3 Å². The number of ether oxygens (including phenoxy) is 2. The number of nitrogens with one attached hydrogen (secondary N) is 1. The molecule has 0 aliphatic carbocycles. The van der Waals surface area contributed by atoms with Crippen LogP contribution in [0.5, 0.6) is 11.5 Å². The monoisotopic (exact) mass is 384 g/mol. The molecule has 0 atom stereocenters. The number of nitrogens with zero attached hydrogens (tertiary/aromatic N) is 1. The summed E-state index contributed by atoms with van der Waals surface area (Å²) in [5, 5.41) is 2.94. The minimum atomic E-state index is -0.316. The highest BCUT2D eigenvalue weighted by Crippen LogP contribution is 2.30. The molecule has 0 saturated carbocycles. The van der Waals surface area contributed by atoms with E-state index in [9.17, 15) is 4.79 Å². The fraction of sp³-hybridized carbons (Fsp3) is 0.200. The van der Waals surface area contributed by atoms with E-state index in [-0.39, 0.29) is 17.6 Å². The van der Waals surface area contributed by atoms with Crippen LogP contribution in [0.15, 0.2) is 34.9 Å². The van der Waals surface area contributed by atoms with E-state index < -0.39 is 0 Å². The zero-order valence-electron chi connectivity index (χ0n) is 12.0. The Hall–Kier alpha value is -1.79. The molecule has 1 aromatic heterocycles. The van der Waals surface area contributed by atoms with Crippen molar-refractivity contribution in [2.75, 3.05) is 14.2 Å². The molecule has 0 unspecified atom stereocenters. The highest BCUT2D eigenvalue weighted by atomic mass is 79.9. The number of rotatable bonds is 5. The average Bonchev–Trinajstić information content (AvgIpc) is 2.54. The molecule has 22 heavy (non-hydrogen) atoms. The molecule has 1 aromatic carbocycles. The van der Waals surface area contributed by atoms with Crippen LogP contribution in [0.3, 0.4) is 0 Å². The van der Waals surface area contributed by atoms with E-state index in [1.54, 1.807) is 26.4 Å². The number of amides is 1. The van der Waals surface area contributed by atoms with Crippen molar-refractivity contribution in [2.24, 2.45) is 0 Å². The summed E-state index contributed by atoms with van der Waals surface area (Å²) in [6.45, 7) is 0.280. The lowest BCUT2D eigenvalue weighted by Gasteiger charge is -2.13. The minimum absolute atomic E-state index is 0.151. The van der Waals surface area contributed by atoms with E-state index in [0.29, 0.717) is 21.5 Å². The zero-order chi connectivity index (χ0) is 16.1. The summed E-state index contributed by atoms with van der Waals surface area (Å²) in [4.78, 5) is 16.1. The van der Waals surface area contributed by atoms with E-state index in [1.165, 1.54) is 6.20 Å². The summed E-state index contributed by atoms with van der Waals surface area (Å²) in [6, 6.07) is 7.09. The van der Waals surface area contributed by atoms with E-state index >= 15 is 0 Å². The molecule has 5 nitrogen and oxygen atoms in total. The number of aromatic nitrogens is 1. The Bertz CT molecular complexity index is 694. The second kappa shape index (κ2) is 7.47. The molecule has 0 saturated heterocycles. The van der Waals surface area contributed by atoms with Crippen LogP contribution in [0.25, 0.3) is 0 Å². The third kappa shape index (κ3) is 3.69. The van der Waals surface area contributed by atoms with Gasteiger partial charge in [0, 0.05) is 22.8 Å². The van der Waals surface area contributed by atoms with Gasteiger partial charge in [-0.25, -0.2) is 4.98 Å². The van der Waals surface area contributed by atoms with Crippen molar-refractivity contribution < 1.29 is 14.3 Å². The molecule has 0 fully saturated rings. The summed E-state index contributed by atoms with van der Waals surface area (Å²) < 4.78 is 11.2. The Balaban J connectivity index is 2.16. The molecule has 0 bridgehead atoms. The van der Waals surface area contributed by atoms with Gasteiger partial charge in [-0.15, -0.1) is 0 Å². The number of carbonyl (C=O) groups is 1. The number of hydrogen-bond acceptors (Lipinski definition) is 4. The van der Waals surface area contributed by atoms with Gasteiger partial charge in [0.1, 0.15) is 5.15 Å². The van der Waals surface area contributed by atoms with Gasteiger partial charge in [-0.1, -0.05) is 23.7 Å². The van der Waals surface area contributed by atoms with Crippen LogP contribution in [-0.4, -0.2) is 25.1 Å². The van der Waals surface area contributed by atoms with Crippen LogP contribution in [0.2, 0.25) is 5.15 Å². The molecule has 0 radical (unpaired) electrons. The smallest absolute Gasteiger partial charge is 0.254 e. The van der Waals surface area contributed by atoms with Crippen LogP contribution >= 0.6 is 27.5 Å². The van der Waals surface area contributed by atoms with Crippen LogP contribution in [0, 0.1) is 0 Å². The van der Waals surface area contributed by atoms with Crippen molar-refractivity contribution in [1.29, 1.82) is 0 Å². The van der Waals surface area contributed by atoms with Crippen molar-refractivity contribution in [3.8, 4) is 11.5 Å². The standard InChI is InChI=1S/C15H14BrClN2O3/c1-21-12-5-3-4-9(13(12)22-2)7-19-15(20)11-6-10(16)8-18-14(11)17/h3-6,8H,7H2,1-2H3,(H,19,20). The summed E-state index contributed by atoms with van der Waals surface area (Å²) in [6.07, 6.45) is 1.53. The first-order valence-corrected chi connectivity index (χ1v) is 7.53. The SMILES string of the molecule is COc1cccc(CNC(=O)c2cc(Br)cnc2Cl)c1OC. The Morgan fingerprint density at radius 1 is 1.36 bits per heavy atom. The van der Waals surface area contributed by atoms with Crippen LogP contribution < -0.4 is 14.8 Å². The van der Waals surface area contributed by atoms with Crippen LogP contribution in [0.4, 0.5) is 0 Å². The highest BCUT2D eigenvalue weighted by Gasteiger charge is 2.14. The normalized spacial score (nSPS) is 10.2. The number of carbonyl (C=O) groups excluding carboxylic acids is 1. The number of pyridine rings is 1. The molecule has 1 heterocycles.